The Balaban J connectivity index is 3.41. The van der Waals surface area contributed by atoms with Gasteiger partial charge in [-0.05, 0) is 25.3 Å². The Labute approximate surface area is 110 Å². The van der Waals surface area contributed by atoms with Gasteiger partial charge in [-0.25, -0.2) is 0 Å². The first-order valence-electron chi connectivity index (χ1n) is 7.95. The summed E-state index contributed by atoms with van der Waals surface area (Å²) < 4.78 is 0. The van der Waals surface area contributed by atoms with Gasteiger partial charge in [0, 0.05) is 6.04 Å². The van der Waals surface area contributed by atoms with Crippen LogP contribution in [-0.2, 0) is 0 Å². The average Bonchev–Trinajstić information content (AvgIpc) is 2.31. The number of unbranched alkanes of at least 4 members (excludes halogenated alkanes) is 6. The van der Waals surface area contributed by atoms with Crippen molar-refractivity contribution in [2.45, 2.75) is 91.5 Å². The smallest absolute Gasteiger partial charge is 0.00900 e. The largest absolute Gasteiger partial charge is 0.314 e. The summed E-state index contributed by atoms with van der Waals surface area (Å²) in [5.74, 6) is 0.779. The fraction of sp³-hybridized carbons (Fsp3) is 1.00. The van der Waals surface area contributed by atoms with Gasteiger partial charge in [0.15, 0.2) is 0 Å². The molecular formula is C16H35N. The van der Waals surface area contributed by atoms with Crippen molar-refractivity contribution in [1.82, 2.24) is 5.32 Å². The lowest BCUT2D eigenvalue weighted by atomic mass is 9.97. The van der Waals surface area contributed by atoms with Gasteiger partial charge in [0.2, 0.25) is 0 Å². The zero-order chi connectivity index (χ0) is 12.9. The highest BCUT2D eigenvalue weighted by Crippen LogP contribution is 2.13. The molecule has 0 bridgehead atoms. The van der Waals surface area contributed by atoms with Gasteiger partial charge in [0.05, 0.1) is 0 Å². The lowest BCUT2D eigenvalue weighted by Gasteiger charge is -2.22. The van der Waals surface area contributed by atoms with Crippen molar-refractivity contribution in [1.29, 1.82) is 0 Å². The molecule has 0 aliphatic rings. The van der Waals surface area contributed by atoms with Gasteiger partial charge >= 0.3 is 0 Å². The van der Waals surface area contributed by atoms with Crippen LogP contribution in [0.25, 0.3) is 0 Å². The van der Waals surface area contributed by atoms with E-state index in [2.05, 4.69) is 33.0 Å². The van der Waals surface area contributed by atoms with Crippen LogP contribution in [0.4, 0.5) is 0 Å². The first kappa shape index (κ1) is 17.0. The van der Waals surface area contributed by atoms with Gasteiger partial charge in [0.25, 0.3) is 0 Å². The van der Waals surface area contributed by atoms with Crippen molar-refractivity contribution in [3.8, 4) is 0 Å². The normalized spacial score (nSPS) is 13.2. The van der Waals surface area contributed by atoms with Crippen molar-refractivity contribution < 1.29 is 0 Å². The van der Waals surface area contributed by atoms with E-state index in [9.17, 15) is 0 Å². The number of nitrogens with one attached hydrogen (secondary N) is 1. The van der Waals surface area contributed by atoms with Crippen molar-refractivity contribution in [3.63, 3.8) is 0 Å². The van der Waals surface area contributed by atoms with Crippen molar-refractivity contribution in [3.05, 3.63) is 0 Å². The Morgan fingerprint density at radius 1 is 0.765 bits per heavy atom. The van der Waals surface area contributed by atoms with E-state index in [-0.39, 0.29) is 0 Å². The van der Waals surface area contributed by atoms with Crippen molar-refractivity contribution in [2.75, 3.05) is 6.54 Å². The highest BCUT2D eigenvalue weighted by atomic mass is 14.9. The molecule has 1 atom stereocenters. The molecule has 1 heteroatoms. The molecule has 0 rings (SSSR count). The highest BCUT2D eigenvalue weighted by molar-refractivity contribution is 4.70. The molecule has 0 amide bonds. The van der Waals surface area contributed by atoms with E-state index >= 15 is 0 Å². The molecule has 1 N–H and O–H groups in total. The molecule has 0 aliphatic heterocycles. The zero-order valence-corrected chi connectivity index (χ0v) is 12.7. The molecule has 0 aliphatic carbocycles. The monoisotopic (exact) mass is 241 g/mol. The third-order valence-electron chi connectivity index (χ3n) is 3.58. The van der Waals surface area contributed by atoms with Crippen LogP contribution < -0.4 is 5.32 Å². The maximum atomic E-state index is 3.68. The van der Waals surface area contributed by atoms with Gasteiger partial charge in [-0.1, -0.05) is 72.6 Å². The summed E-state index contributed by atoms with van der Waals surface area (Å²) in [5, 5.41) is 3.68. The third-order valence-corrected chi connectivity index (χ3v) is 3.58. The van der Waals surface area contributed by atoms with Gasteiger partial charge in [-0.3, -0.25) is 0 Å². The van der Waals surface area contributed by atoms with Gasteiger partial charge in [0.1, 0.15) is 0 Å². The Hall–Kier alpha value is -0.0400. The second kappa shape index (κ2) is 12.4. The molecule has 0 saturated heterocycles. The molecule has 0 aromatic heterocycles. The third kappa shape index (κ3) is 10.8. The second-order valence-corrected chi connectivity index (χ2v) is 5.71. The SMILES string of the molecule is CCCCCCCCCC(NCCC)C(C)C. The van der Waals surface area contributed by atoms with Crippen LogP contribution in [0, 0.1) is 5.92 Å². The molecule has 104 valence electrons. The minimum absolute atomic E-state index is 0.741. The minimum atomic E-state index is 0.741. The highest BCUT2D eigenvalue weighted by Gasteiger charge is 2.11. The summed E-state index contributed by atoms with van der Waals surface area (Å²) >= 11 is 0. The summed E-state index contributed by atoms with van der Waals surface area (Å²) in [6, 6.07) is 0.741. The van der Waals surface area contributed by atoms with Crippen LogP contribution >= 0.6 is 0 Å². The van der Waals surface area contributed by atoms with E-state index in [0.29, 0.717) is 0 Å². The predicted molar refractivity (Wildman–Crippen MR) is 79.5 cm³/mol. The maximum Gasteiger partial charge on any atom is 0.00900 e. The van der Waals surface area contributed by atoms with Gasteiger partial charge < -0.3 is 5.32 Å². The Kier molecular flexibility index (Phi) is 12.4. The lowest BCUT2D eigenvalue weighted by Crippen LogP contribution is -2.34. The van der Waals surface area contributed by atoms with Gasteiger partial charge in [-0.15, -0.1) is 0 Å². The van der Waals surface area contributed by atoms with Crippen LogP contribution in [0.2, 0.25) is 0 Å². The molecule has 17 heavy (non-hydrogen) atoms. The predicted octanol–water partition coefficient (Wildman–Crippen LogP) is 5.15. The molecule has 0 aromatic carbocycles. The molecule has 0 heterocycles. The van der Waals surface area contributed by atoms with Crippen LogP contribution in [0.1, 0.15) is 85.5 Å². The molecule has 0 spiro atoms. The molecule has 1 unspecified atom stereocenters. The topological polar surface area (TPSA) is 12.0 Å². The summed E-state index contributed by atoms with van der Waals surface area (Å²) in [5.41, 5.74) is 0. The maximum absolute atomic E-state index is 3.68. The van der Waals surface area contributed by atoms with Crippen molar-refractivity contribution in [2.24, 2.45) is 5.92 Å². The van der Waals surface area contributed by atoms with Crippen LogP contribution in [-0.4, -0.2) is 12.6 Å². The van der Waals surface area contributed by atoms with Crippen LogP contribution in [0.5, 0.6) is 0 Å². The van der Waals surface area contributed by atoms with Crippen LogP contribution in [0.15, 0.2) is 0 Å². The molecule has 0 aromatic rings. The van der Waals surface area contributed by atoms with E-state index in [1.165, 1.54) is 64.3 Å². The molecule has 0 fully saturated rings. The number of hydrogen-bond donors (Lipinski definition) is 1. The molecule has 1 nitrogen and oxygen atoms in total. The van der Waals surface area contributed by atoms with E-state index in [1.807, 2.05) is 0 Å². The second-order valence-electron chi connectivity index (χ2n) is 5.71. The van der Waals surface area contributed by atoms with E-state index in [4.69, 9.17) is 0 Å². The first-order valence-corrected chi connectivity index (χ1v) is 7.95. The molecular weight excluding hydrogens is 206 g/mol. The fourth-order valence-corrected chi connectivity index (χ4v) is 2.32. The Morgan fingerprint density at radius 2 is 1.35 bits per heavy atom. The van der Waals surface area contributed by atoms with E-state index in [1.54, 1.807) is 0 Å². The number of hydrogen-bond acceptors (Lipinski definition) is 1. The molecule has 0 radical (unpaired) electrons. The van der Waals surface area contributed by atoms with E-state index < -0.39 is 0 Å². The minimum Gasteiger partial charge on any atom is -0.314 e. The summed E-state index contributed by atoms with van der Waals surface area (Å²) in [6.07, 6.45) is 12.6. The molecule has 0 saturated carbocycles. The summed E-state index contributed by atoms with van der Waals surface area (Å²) in [6.45, 7) is 10.4. The van der Waals surface area contributed by atoms with Gasteiger partial charge in [-0.2, -0.15) is 0 Å². The van der Waals surface area contributed by atoms with Crippen LogP contribution in [0.3, 0.4) is 0 Å². The Bertz CT molecular complexity index is 142. The Morgan fingerprint density at radius 3 is 1.88 bits per heavy atom. The lowest BCUT2D eigenvalue weighted by molar-refractivity contribution is 0.364. The summed E-state index contributed by atoms with van der Waals surface area (Å²) in [7, 11) is 0. The first-order chi connectivity index (χ1) is 8.22. The quantitative estimate of drug-likeness (QED) is 0.466. The summed E-state index contributed by atoms with van der Waals surface area (Å²) in [4.78, 5) is 0. The fourth-order valence-electron chi connectivity index (χ4n) is 2.32. The number of rotatable bonds is 12. The zero-order valence-electron chi connectivity index (χ0n) is 12.7. The standard InChI is InChI=1S/C16H35N/c1-5-7-8-9-10-11-12-13-16(15(3)4)17-14-6-2/h15-17H,5-14H2,1-4H3. The van der Waals surface area contributed by atoms with E-state index in [0.717, 1.165) is 12.0 Å². The van der Waals surface area contributed by atoms with Crippen molar-refractivity contribution >= 4 is 0 Å². The average molecular weight is 241 g/mol.